The predicted molar refractivity (Wildman–Crippen MR) is 99.2 cm³/mol. The van der Waals surface area contributed by atoms with E-state index in [-0.39, 0.29) is 35.3 Å². The lowest BCUT2D eigenvalue weighted by molar-refractivity contribution is -0.137. The zero-order valence-electron chi connectivity index (χ0n) is 15.7. The highest BCUT2D eigenvalue weighted by Crippen LogP contribution is 2.70. The average molecular weight is 392 g/mol. The lowest BCUT2D eigenvalue weighted by Crippen LogP contribution is -2.22. The summed E-state index contributed by atoms with van der Waals surface area (Å²) in [6, 6.07) is 3.36. The number of aromatic nitrogens is 1. The quantitative estimate of drug-likeness (QED) is 0.661. The summed E-state index contributed by atoms with van der Waals surface area (Å²) in [4.78, 5) is 0. The molecule has 4 aliphatic carbocycles. The van der Waals surface area contributed by atoms with Crippen molar-refractivity contribution in [3.63, 3.8) is 0 Å². The minimum Gasteiger partial charge on any atom is -0.494 e. The maximum Gasteiger partial charge on any atom is 0.416 e. The highest BCUT2D eigenvalue weighted by atomic mass is 19.4. The maximum absolute atomic E-state index is 13.3. The van der Waals surface area contributed by atoms with E-state index in [2.05, 4.69) is 5.32 Å². The Morgan fingerprint density at radius 3 is 2.11 bits per heavy atom. The monoisotopic (exact) mass is 392 g/mol. The van der Waals surface area contributed by atoms with Crippen LogP contribution in [0, 0.1) is 11.8 Å². The number of nitrogens with zero attached hydrogens (tertiary/aromatic N) is 1. The van der Waals surface area contributed by atoms with Crippen molar-refractivity contribution in [2.45, 2.75) is 57.2 Å². The first kappa shape index (κ1) is 17.8. The molecule has 2 aromatic rings. The molecule has 4 aliphatic rings. The third-order valence-electron chi connectivity index (χ3n) is 6.66. The van der Waals surface area contributed by atoms with E-state index in [0.717, 1.165) is 42.5 Å². The van der Waals surface area contributed by atoms with Gasteiger partial charge in [0.05, 0.1) is 16.9 Å². The molecule has 1 heterocycles. The van der Waals surface area contributed by atoms with Gasteiger partial charge in [0.1, 0.15) is 0 Å². The van der Waals surface area contributed by atoms with Crippen LogP contribution in [0.15, 0.2) is 18.2 Å². The first-order valence-electron chi connectivity index (χ1n) is 9.83. The molecule has 6 rings (SSSR count). The summed E-state index contributed by atoms with van der Waals surface area (Å²) in [5, 5.41) is 25.2. The molecule has 1 aromatic carbocycles. The Morgan fingerprint density at radius 1 is 1.04 bits per heavy atom. The Labute approximate surface area is 161 Å². The molecule has 7 heteroatoms. The standard InChI is InChI=1S/C21H23F3N2O2/c1-9(2)25-15-6-3-10(21(22,23)24)7-16(15)26-19(27)17-11-4-5-12(14-8-13(11)14)18(17)20(26)28/h3,6-7,9,11-14,25,27-28H,4-5,8H2,1-2H3/t11-,12+,13+,14-. The first-order chi connectivity index (χ1) is 13.2. The van der Waals surface area contributed by atoms with E-state index in [1.165, 1.54) is 10.6 Å². The maximum atomic E-state index is 13.3. The lowest BCUT2D eigenvalue weighted by Gasteiger charge is -2.35. The summed E-state index contributed by atoms with van der Waals surface area (Å²) in [5.74, 6) is 1.26. The van der Waals surface area contributed by atoms with Gasteiger partial charge in [-0.05, 0) is 75.0 Å². The van der Waals surface area contributed by atoms with Gasteiger partial charge >= 0.3 is 6.18 Å². The summed E-state index contributed by atoms with van der Waals surface area (Å²) in [6.45, 7) is 3.77. The number of alkyl halides is 3. The lowest BCUT2D eigenvalue weighted by atomic mass is 9.68. The van der Waals surface area contributed by atoms with Gasteiger partial charge in [0, 0.05) is 17.2 Å². The Kier molecular flexibility index (Phi) is 3.56. The van der Waals surface area contributed by atoms with Gasteiger partial charge < -0.3 is 15.5 Å². The van der Waals surface area contributed by atoms with Gasteiger partial charge in [-0.15, -0.1) is 0 Å². The molecule has 0 spiro atoms. The van der Waals surface area contributed by atoms with Crippen LogP contribution in [0.2, 0.25) is 0 Å². The summed E-state index contributed by atoms with van der Waals surface area (Å²) in [7, 11) is 0. The first-order valence-corrected chi connectivity index (χ1v) is 9.83. The number of rotatable bonds is 3. The molecule has 0 radical (unpaired) electrons. The molecular formula is C21H23F3N2O2. The van der Waals surface area contributed by atoms with Crippen LogP contribution >= 0.6 is 0 Å². The Hall–Kier alpha value is -2.31. The highest BCUT2D eigenvalue weighted by Gasteiger charge is 2.59. The number of fused-ring (bicyclic) bond motifs is 1. The van der Waals surface area contributed by atoms with Crippen molar-refractivity contribution in [1.29, 1.82) is 0 Å². The summed E-state index contributed by atoms with van der Waals surface area (Å²) in [5.41, 5.74) is 1.26. The second-order valence-corrected chi connectivity index (χ2v) is 8.69. The van der Waals surface area contributed by atoms with Crippen LogP contribution in [0.4, 0.5) is 18.9 Å². The van der Waals surface area contributed by atoms with E-state index < -0.39 is 11.7 Å². The fourth-order valence-corrected chi connectivity index (χ4v) is 5.53. The zero-order chi connectivity index (χ0) is 20.0. The van der Waals surface area contributed by atoms with Gasteiger partial charge in [0.25, 0.3) is 0 Å². The van der Waals surface area contributed by atoms with Crippen molar-refractivity contribution in [2.24, 2.45) is 11.8 Å². The van der Waals surface area contributed by atoms with Crippen LogP contribution in [0.25, 0.3) is 5.69 Å². The number of aromatic hydroxyl groups is 2. The number of hydrogen-bond acceptors (Lipinski definition) is 3. The van der Waals surface area contributed by atoms with Crippen molar-refractivity contribution in [3.05, 3.63) is 34.9 Å². The SMILES string of the molecule is CC(C)Nc1ccc(C(F)(F)F)cc1-n1c(O)c2c(c1O)[C@@H]1CC[C@H]2[C@H]2C[C@H]21. The summed E-state index contributed by atoms with van der Waals surface area (Å²) in [6.07, 6.45) is -1.46. The van der Waals surface area contributed by atoms with E-state index in [0.29, 0.717) is 17.5 Å². The van der Waals surface area contributed by atoms with E-state index in [9.17, 15) is 23.4 Å². The van der Waals surface area contributed by atoms with Gasteiger partial charge in [-0.25, -0.2) is 4.57 Å². The molecule has 0 amide bonds. The molecule has 4 nitrogen and oxygen atoms in total. The van der Waals surface area contributed by atoms with Gasteiger partial charge in [-0.2, -0.15) is 13.2 Å². The smallest absolute Gasteiger partial charge is 0.416 e. The Bertz CT molecular complexity index is 924. The normalized spacial score (nSPS) is 27.6. The van der Waals surface area contributed by atoms with Crippen LogP contribution in [-0.4, -0.2) is 20.8 Å². The van der Waals surface area contributed by atoms with Gasteiger partial charge in [-0.1, -0.05) is 0 Å². The average Bonchev–Trinajstić information content (AvgIpc) is 3.39. The van der Waals surface area contributed by atoms with Crippen molar-refractivity contribution >= 4 is 5.69 Å². The molecule has 2 bridgehead atoms. The molecule has 3 N–H and O–H groups in total. The second-order valence-electron chi connectivity index (χ2n) is 8.69. The van der Waals surface area contributed by atoms with E-state index >= 15 is 0 Å². The van der Waals surface area contributed by atoms with Crippen LogP contribution in [0.3, 0.4) is 0 Å². The second kappa shape index (κ2) is 5.61. The fraction of sp³-hybridized carbons (Fsp3) is 0.524. The largest absolute Gasteiger partial charge is 0.494 e. The van der Waals surface area contributed by atoms with Crippen LogP contribution in [0.5, 0.6) is 11.8 Å². The summed E-state index contributed by atoms with van der Waals surface area (Å²) < 4.78 is 41.2. The number of hydrogen-bond donors (Lipinski definition) is 3. The third kappa shape index (κ3) is 2.37. The van der Waals surface area contributed by atoms with Gasteiger partial charge in [0.15, 0.2) is 0 Å². The van der Waals surface area contributed by atoms with E-state index in [4.69, 9.17) is 0 Å². The van der Waals surface area contributed by atoms with Crippen LogP contribution in [0.1, 0.15) is 61.6 Å². The molecular weight excluding hydrogens is 369 g/mol. The minimum absolute atomic E-state index is 0.0196. The Morgan fingerprint density at radius 2 is 1.61 bits per heavy atom. The number of nitrogens with one attached hydrogen (secondary N) is 1. The van der Waals surface area contributed by atoms with E-state index in [1.807, 2.05) is 13.8 Å². The molecule has 4 atom stereocenters. The van der Waals surface area contributed by atoms with E-state index in [1.54, 1.807) is 0 Å². The number of anilines is 1. The topological polar surface area (TPSA) is 57.4 Å². The molecule has 0 aliphatic heterocycles. The van der Waals surface area contributed by atoms with Crippen molar-refractivity contribution < 1.29 is 23.4 Å². The third-order valence-corrected chi connectivity index (χ3v) is 6.66. The predicted octanol–water partition coefficient (Wildman–Crippen LogP) is 5.34. The summed E-state index contributed by atoms with van der Waals surface area (Å²) >= 11 is 0. The molecule has 1 aromatic heterocycles. The van der Waals surface area contributed by atoms with Gasteiger partial charge in [0.2, 0.25) is 11.8 Å². The molecule has 0 saturated heterocycles. The molecule has 28 heavy (non-hydrogen) atoms. The molecule has 2 saturated carbocycles. The Balaban J connectivity index is 1.72. The fourth-order valence-electron chi connectivity index (χ4n) is 5.53. The zero-order valence-corrected chi connectivity index (χ0v) is 15.7. The van der Waals surface area contributed by atoms with Crippen molar-refractivity contribution in [1.82, 2.24) is 4.57 Å². The number of halogens is 3. The number of benzene rings is 1. The molecule has 150 valence electrons. The van der Waals surface area contributed by atoms with Gasteiger partial charge in [-0.3, -0.25) is 0 Å². The van der Waals surface area contributed by atoms with Crippen LogP contribution < -0.4 is 5.32 Å². The van der Waals surface area contributed by atoms with Crippen LogP contribution in [-0.2, 0) is 6.18 Å². The minimum atomic E-state index is -4.51. The molecule has 2 fully saturated rings. The van der Waals surface area contributed by atoms with Crippen molar-refractivity contribution in [2.75, 3.05) is 5.32 Å². The highest BCUT2D eigenvalue weighted by molar-refractivity contribution is 5.69. The molecule has 0 unspecified atom stereocenters. The van der Waals surface area contributed by atoms with Crippen molar-refractivity contribution in [3.8, 4) is 17.4 Å².